The zero-order valence-electron chi connectivity index (χ0n) is 44.1. The Balaban J connectivity index is 0.000000262. The minimum Gasteiger partial charge on any atom is -0.481 e. The van der Waals surface area contributed by atoms with Crippen molar-refractivity contribution in [3.05, 3.63) is 129 Å². The number of aliphatic carboxylic acids is 1. The third kappa shape index (κ3) is 19.0. The summed E-state index contributed by atoms with van der Waals surface area (Å²) in [6.07, 6.45) is 24.4. The zero-order valence-corrected chi connectivity index (χ0v) is 47.4. The van der Waals surface area contributed by atoms with Crippen molar-refractivity contribution in [2.45, 2.75) is 202 Å². The largest absolute Gasteiger partial charge is 0.481 e. The predicted octanol–water partition coefficient (Wildman–Crippen LogP) is 17.5. The van der Waals surface area contributed by atoms with E-state index in [0.29, 0.717) is 24.9 Å². The standard InChI is InChI=1S/C33H48O2S2.C28H40O3S2/c1-26-16-19-28(20-17-26)33(3)25-37-31-24-27(2)18-21-29(31)30(33)14-10-7-5-4-6-8-12-22-36-23-13-9-11-15-32(34)35;1-22-13-16-24(17-14-22)28(3)21-32-27-20-23(2)15-18-25(27)26(28)12-10-8-6-5-7-9-11-19-31-33(4,29)30/h16-21,24,30H,4-15,22-23,25H2,1-3H3,(H,34,35);13-18,20,26H,5-12,19,21H2,1-4H3. The molecule has 2 aliphatic rings. The lowest BCUT2D eigenvalue weighted by molar-refractivity contribution is -0.137. The van der Waals surface area contributed by atoms with Gasteiger partial charge in [-0.3, -0.25) is 8.98 Å². The summed E-state index contributed by atoms with van der Waals surface area (Å²) in [5, 5.41) is 8.67. The van der Waals surface area contributed by atoms with Crippen LogP contribution < -0.4 is 0 Å². The maximum Gasteiger partial charge on any atom is 0.303 e. The summed E-state index contributed by atoms with van der Waals surface area (Å²) in [6.45, 7) is 14.0. The van der Waals surface area contributed by atoms with Crippen LogP contribution in [0.25, 0.3) is 0 Å². The highest BCUT2D eigenvalue weighted by Crippen LogP contribution is 2.53. The van der Waals surface area contributed by atoms with Gasteiger partial charge in [0.2, 0.25) is 0 Å². The molecule has 2 aliphatic heterocycles. The molecule has 386 valence electrons. The molecule has 4 atom stereocenters. The van der Waals surface area contributed by atoms with E-state index in [2.05, 4.69) is 138 Å². The van der Waals surface area contributed by atoms with Gasteiger partial charge >= 0.3 is 5.97 Å². The molecule has 0 radical (unpaired) electrons. The second-order valence-corrected chi connectivity index (χ2v) is 26.1. The third-order valence-electron chi connectivity index (χ3n) is 15.0. The molecule has 4 aromatic carbocycles. The van der Waals surface area contributed by atoms with Crippen LogP contribution in [0.1, 0.15) is 199 Å². The molecule has 6 rings (SSSR count). The number of carboxylic acids is 1. The predicted molar refractivity (Wildman–Crippen MR) is 304 cm³/mol. The zero-order chi connectivity index (χ0) is 50.4. The maximum atomic E-state index is 11.0. The van der Waals surface area contributed by atoms with Crippen molar-refractivity contribution < 1.29 is 22.5 Å². The van der Waals surface area contributed by atoms with E-state index in [9.17, 15) is 13.2 Å². The molecule has 0 amide bonds. The van der Waals surface area contributed by atoms with Crippen molar-refractivity contribution >= 4 is 51.4 Å². The van der Waals surface area contributed by atoms with Gasteiger partial charge in [-0.1, -0.05) is 192 Å². The van der Waals surface area contributed by atoms with Crippen LogP contribution in [-0.4, -0.2) is 55.4 Å². The van der Waals surface area contributed by atoms with Crippen molar-refractivity contribution in [3.63, 3.8) is 0 Å². The number of benzene rings is 4. The molecule has 9 heteroatoms. The summed E-state index contributed by atoms with van der Waals surface area (Å²) in [5.41, 5.74) is 11.8. The molecule has 0 aromatic heterocycles. The Bertz CT molecular complexity index is 2280. The first kappa shape index (κ1) is 58.2. The molecule has 0 bridgehead atoms. The lowest BCUT2D eigenvalue weighted by Gasteiger charge is -2.43. The molecular weight excluding hydrogens is 941 g/mol. The topological polar surface area (TPSA) is 80.7 Å². The van der Waals surface area contributed by atoms with Crippen LogP contribution in [-0.2, 0) is 29.9 Å². The summed E-state index contributed by atoms with van der Waals surface area (Å²) in [4.78, 5) is 13.5. The number of rotatable bonds is 29. The van der Waals surface area contributed by atoms with Crippen molar-refractivity contribution in [2.24, 2.45) is 0 Å². The highest BCUT2D eigenvalue weighted by molar-refractivity contribution is 7.99. The average molecular weight is 1030 g/mol. The lowest BCUT2D eigenvalue weighted by Crippen LogP contribution is -2.36. The fourth-order valence-electron chi connectivity index (χ4n) is 10.6. The van der Waals surface area contributed by atoms with E-state index in [1.807, 2.05) is 23.5 Å². The van der Waals surface area contributed by atoms with Crippen LogP contribution in [0.4, 0.5) is 0 Å². The van der Waals surface area contributed by atoms with Gasteiger partial charge in [0.25, 0.3) is 10.1 Å². The van der Waals surface area contributed by atoms with Crippen molar-refractivity contribution in [1.29, 1.82) is 0 Å². The maximum absolute atomic E-state index is 11.0. The Labute approximate surface area is 438 Å². The van der Waals surface area contributed by atoms with Gasteiger partial charge in [0.05, 0.1) is 12.9 Å². The quantitative estimate of drug-likeness (QED) is 0.0426. The average Bonchev–Trinajstić information content (AvgIpc) is 3.32. The molecule has 0 saturated heterocycles. The smallest absolute Gasteiger partial charge is 0.303 e. The van der Waals surface area contributed by atoms with Gasteiger partial charge in [0.1, 0.15) is 0 Å². The van der Waals surface area contributed by atoms with E-state index in [0.717, 1.165) is 56.3 Å². The number of fused-ring (bicyclic) bond motifs is 2. The molecule has 0 spiro atoms. The Morgan fingerprint density at radius 2 is 0.929 bits per heavy atom. The van der Waals surface area contributed by atoms with Gasteiger partial charge < -0.3 is 5.11 Å². The van der Waals surface area contributed by atoms with Crippen molar-refractivity contribution in [2.75, 3.05) is 35.9 Å². The molecule has 4 unspecified atom stereocenters. The van der Waals surface area contributed by atoms with Crippen LogP contribution >= 0.6 is 35.3 Å². The van der Waals surface area contributed by atoms with E-state index in [-0.39, 0.29) is 10.8 Å². The summed E-state index contributed by atoms with van der Waals surface area (Å²) < 4.78 is 26.8. The lowest BCUT2D eigenvalue weighted by atomic mass is 9.67. The van der Waals surface area contributed by atoms with Crippen LogP contribution in [0.5, 0.6) is 0 Å². The fourth-order valence-corrected chi connectivity index (χ4v) is 15.0. The number of aryl methyl sites for hydroxylation is 4. The Morgan fingerprint density at radius 1 is 0.557 bits per heavy atom. The van der Waals surface area contributed by atoms with Gasteiger partial charge in [0.15, 0.2) is 0 Å². The van der Waals surface area contributed by atoms with Crippen LogP contribution in [0.2, 0.25) is 0 Å². The Kier molecular flexibility index (Phi) is 24.8. The summed E-state index contributed by atoms with van der Waals surface area (Å²) in [7, 11) is -3.30. The third-order valence-corrected chi connectivity index (χ3v) is 19.6. The van der Waals surface area contributed by atoms with Gasteiger partial charge in [-0.15, -0.1) is 23.5 Å². The number of hydrogen-bond acceptors (Lipinski definition) is 7. The highest BCUT2D eigenvalue weighted by atomic mass is 32.2. The van der Waals surface area contributed by atoms with Crippen LogP contribution in [0, 0.1) is 27.7 Å². The van der Waals surface area contributed by atoms with Crippen molar-refractivity contribution in [3.8, 4) is 0 Å². The van der Waals surface area contributed by atoms with Gasteiger partial charge in [-0.2, -0.15) is 20.2 Å². The molecule has 0 aliphatic carbocycles. The first-order chi connectivity index (χ1) is 33.6. The van der Waals surface area contributed by atoms with E-state index < -0.39 is 16.1 Å². The van der Waals surface area contributed by atoms with Gasteiger partial charge in [0, 0.05) is 38.5 Å². The van der Waals surface area contributed by atoms with E-state index >= 15 is 0 Å². The van der Waals surface area contributed by atoms with Crippen LogP contribution in [0.3, 0.4) is 0 Å². The minimum absolute atomic E-state index is 0.153. The van der Waals surface area contributed by atoms with Gasteiger partial charge in [-0.25, -0.2) is 0 Å². The number of unbranched alkanes of at least 4 members (excludes halogenated alkanes) is 14. The molecule has 5 nitrogen and oxygen atoms in total. The van der Waals surface area contributed by atoms with Crippen molar-refractivity contribution in [1.82, 2.24) is 0 Å². The first-order valence-electron chi connectivity index (χ1n) is 26.8. The number of hydrogen-bond donors (Lipinski definition) is 1. The second kappa shape index (κ2) is 29.9. The van der Waals surface area contributed by atoms with E-state index in [1.54, 1.807) is 5.56 Å². The monoisotopic (exact) mass is 1030 g/mol. The molecule has 0 fully saturated rings. The number of thioether (sulfide) groups is 3. The normalized spacial score (nSPS) is 19.8. The van der Waals surface area contributed by atoms with Gasteiger partial charge in [-0.05, 0) is 124 Å². The minimum atomic E-state index is -3.30. The van der Waals surface area contributed by atoms with E-state index in [4.69, 9.17) is 9.29 Å². The SMILES string of the molecule is Cc1ccc(C2(C)CSc3cc(C)ccc3C2CCCCCCCCCOS(C)(=O)=O)cc1.Cc1ccc(C2(C)CSc3cc(C)ccc3C2CCCCCCCCCSCCCCCC(=O)O)cc1. The summed E-state index contributed by atoms with van der Waals surface area (Å²) in [6, 6.07) is 32.7. The number of carbonyl (C=O) groups is 1. The molecule has 4 aromatic rings. The number of carboxylic acid groups (broad SMARTS) is 1. The van der Waals surface area contributed by atoms with Crippen LogP contribution in [0.15, 0.2) is 94.7 Å². The molecule has 0 saturated carbocycles. The van der Waals surface area contributed by atoms with E-state index in [1.165, 1.54) is 144 Å². The second-order valence-electron chi connectivity index (χ2n) is 21.2. The summed E-state index contributed by atoms with van der Waals surface area (Å²) in [5.74, 6) is 5.21. The Morgan fingerprint density at radius 3 is 1.34 bits per heavy atom. The molecule has 70 heavy (non-hydrogen) atoms. The molecular formula is C61H88O5S4. The molecule has 1 N–H and O–H groups in total. The molecule has 2 heterocycles. The Hall–Kier alpha value is -2.69. The fraction of sp³-hybridized carbons (Fsp3) is 0.590. The highest BCUT2D eigenvalue weighted by Gasteiger charge is 2.42. The summed E-state index contributed by atoms with van der Waals surface area (Å²) >= 11 is 6.12. The first-order valence-corrected chi connectivity index (χ1v) is 31.8.